The highest BCUT2D eigenvalue weighted by Gasteiger charge is 2.11. The molecule has 1 nitrogen and oxygen atoms in total. The van der Waals surface area contributed by atoms with Crippen LogP contribution in [0.2, 0.25) is 0 Å². The van der Waals surface area contributed by atoms with Gasteiger partial charge in [-0.2, -0.15) is 0 Å². The van der Waals surface area contributed by atoms with Gasteiger partial charge >= 0.3 is 0 Å². The van der Waals surface area contributed by atoms with Crippen LogP contribution in [0, 0.1) is 17.8 Å². The van der Waals surface area contributed by atoms with Crippen molar-refractivity contribution in [2.75, 3.05) is 0 Å². The van der Waals surface area contributed by atoms with Crippen LogP contribution in [0.5, 0.6) is 0 Å². The van der Waals surface area contributed by atoms with Crippen molar-refractivity contribution < 1.29 is 5.11 Å². The third kappa shape index (κ3) is 5.12. The van der Waals surface area contributed by atoms with Crippen LogP contribution < -0.4 is 0 Å². The molecule has 0 fully saturated rings. The van der Waals surface area contributed by atoms with Crippen molar-refractivity contribution in [3.05, 3.63) is 21.8 Å². The first kappa shape index (κ1) is 12.7. The Morgan fingerprint density at radius 3 is 2.62 bits per heavy atom. The first-order valence-corrected chi connectivity index (χ1v) is 5.42. The number of halogens is 1. The van der Waals surface area contributed by atoms with Crippen molar-refractivity contribution in [2.24, 2.45) is 5.92 Å². The van der Waals surface area contributed by atoms with Gasteiger partial charge in [-0.3, -0.25) is 0 Å². The third-order valence-corrected chi connectivity index (χ3v) is 2.75. The normalized spacial score (nSPS) is 16.5. The Kier molecular flexibility index (Phi) is 7.02. The fraction of sp³-hybridized carbons (Fsp3) is 0.455. The van der Waals surface area contributed by atoms with Gasteiger partial charge in [-0.25, -0.2) is 0 Å². The Labute approximate surface area is 94.1 Å². The topological polar surface area (TPSA) is 20.2 Å². The summed E-state index contributed by atoms with van der Waals surface area (Å²) in [6.45, 7) is 5.69. The average molecular weight is 290 g/mol. The molecule has 0 aromatic rings. The number of rotatable bonds is 3. The minimum absolute atomic E-state index is 0.117. The van der Waals surface area contributed by atoms with Gasteiger partial charge in [-0.15, -0.1) is 5.92 Å². The van der Waals surface area contributed by atoms with E-state index in [1.54, 1.807) is 13.0 Å². The summed E-state index contributed by atoms with van der Waals surface area (Å²) in [5.41, 5.74) is 0.988. The van der Waals surface area contributed by atoms with Crippen LogP contribution in [0.1, 0.15) is 20.8 Å². The second kappa shape index (κ2) is 7.16. The van der Waals surface area contributed by atoms with Crippen molar-refractivity contribution in [3.63, 3.8) is 0 Å². The summed E-state index contributed by atoms with van der Waals surface area (Å²) >= 11 is 2.13. The summed E-state index contributed by atoms with van der Waals surface area (Å²) in [6.07, 6.45) is 3.31. The summed E-state index contributed by atoms with van der Waals surface area (Å²) in [5.74, 6) is 5.72. The van der Waals surface area contributed by atoms with Crippen LogP contribution in [0.25, 0.3) is 0 Å². The van der Waals surface area contributed by atoms with Crippen molar-refractivity contribution in [1.29, 1.82) is 0 Å². The maximum absolute atomic E-state index is 9.71. The molecule has 2 atom stereocenters. The minimum Gasteiger partial charge on any atom is -0.388 e. The zero-order valence-corrected chi connectivity index (χ0v) is 10.4. The van der Waals surface area contributed by atoms with Crippen LogP contribution in [-0.4, -0.2) is 11.2 Å². The zero-order chi connectivity index (χ0) is 10.3. The highest BCUT2D eigenvalue weighted by Crippen LogP contribution is 2.14. The summed E-state index contributed by atoms with van der Waals surface area (Å²) in [7, 11) is 0. The molecule has 0 aromatic heterocycles. The smallest absolute Gasteiger partial charge is 0.0815 e. The van der Waals surface area contributed by atoms with Gasteiger partial charge in [0.15, 0.2) is 0 Å². The molecule has 0 radical (unpaired) electrons. The monoisotopic (exact) mass is 290 g/mol. The Bertz CT molecular complexity index is 255. The predicted octanol–water partition coefficient (Wildman–Crippen LogP) is 2.90. The molecule has 0 aliphatic carbocycles. The molecule has 72 valence electrons. The van der Waals surface area contributed by atoms with Gasteiger partial charge in [0.2, 0.25) is 0 Å². The van der Waals surface area contributed by atoms with Crippen LogP contribution in [0.3, 0.4) is 0 Å². The van der Waals surface area contributed by atoms with E-state index < -0.39 is 6.10 Å². The third-order valence-electron chi connectivity index (χ3n) is 1.76. The Hall–Kier alpha value is -0.270. The second-order valence-electron chi connectivity index (χ2n) is 2.91. The molecule has 1 N–H and O–H groups in total. The molecule has 0 aliphatic rings. The molecule has 0 bridgehead atoms. The summed E-state index contributed by atoms with van der Waals surface area (Å²) in [6, 6.07) is 0. The van der Waals surface area contributed by atoms with Crippen LogP contribution >= 0.6 is 22.6 Å². The van der Waals surface area contributed by atoms with Crippen LogP contribution in [0.15, 0.2) is 21.8 Å². The number of hydrogen-bond acceptors (Lipinski definition) is 1. The van der Waals surface area contributed by atoms with E-state index in [-0.39, 0.29) is 5.92 Å². The molecule has 0 spiro atoms. The van der Waals surface area contributed by atoms with E-state index in [0.29, 0.717) is 0 Å². The Balaban J connectivity index is 4.23. The summed E-state index contributed by atoms with van der Waals surface area (Å²) < 4.78 is 1.90. The zero-order valence-electron chi connectivity index (χ0n) is 8.21. The molecule has 0 heterocycles. The van der Waals surface area contributed by atoms with E-state index in [0.717, 1.165) is 5.57 Å². The van der Waals surface area contributed by atoms with Crippen molar-refractivity contribution in [3.8, 4) is 11.8 Å². The lowest BCUT2D eigenvalue weighted by Crippen LogP contribution is -2.16. The number of hydrogen-bond donors (Lipinski definition) is 1. The van der Waals surface area contributed by atoms with Gasteiger partial charge in [0.25, 0.3) is 0 Å². The SMILES string of the molecule is CC#C/C=C\[C@H](C)[C@H](O)/C(C)=C/I. The summed E-state index contributed by atoms with van der Waals surface area (Å²) in [4.78, 5) is 0. The first-order valence-electron chi connectivity index (χ1n) is 4.17. The molecule has 13 heavy (non-hydrogen) atoms. The van der Waals surface area contributed by atoms with Gasteiger partial charge in [0.1, 0.15) is 0 Å². The van der Waals surface area contributed by atoms with E-state index in [4.69, 9.17) is 0 Å². The lowest BCUT2D eigenvalue weighted by molar-refractivity contribution is 0.173. The highest BCUT2D eigenvalue weighted by molar-refractivity contribution is 14.1. The van der Waals surface area contributed by atoms with Crippen molar-refractivity contribution in [2.45, 2.75) is 26.9 Å². The first-order chi connectivity index (χ1) is 6.13. The quantitative estimate of drug-likeness (QED) is 0.626. The van der Waals surface area contributed by atoms with E-state index in [1.165, 1.54) is 0 Å². The molecule has 0 aromatic carbocycles. The van der Waals surface area contributed by atoms with E-state index >= 15 is 0 Å². The van der Waals surface area contributed by atoms with Gasteiger partial charge in [0.05, 0.1) is 6.10 Å². The Morgan fingerprint density at radius 1 is 1.54 bits per heavy atom. The predicted molar refractivity (Wildman–Crippen MR) is 65.5 cm³/mol. The molecule has 2 heteroatoms. The van der Waals surface area contributed by atoms with E-state index in [9.17, 15) is 5.11 Å². The molecule has 0 aliphatic heterocycles. The lowest BCUT2D eigenvalue weighted by Gasteiger charge is -2.14. The van der Waals surface area contributed by atoms with Crippen LogP contribution in [0.4, 0.5) is 0 Å². The number of allylic oxidation sites excluding steroid dienone is 1. The standard InChI is InChI=1S/C11H15IO/c1-4-5-6-7-9(2)11(13)10(3)8-12/h6-9,11,13H,1-3H3/b7-6-,10-8+/t9-,11-/m0/s1. The van der Waals surface area contributed by atoms with Gasteiger partial charge in [-0.05, 0) is 29.6 Å². The van der Waals surface area contributed by atoms with Gasteiger partial charge in [-0.1, -0.05) is 41.5 Å². The fourth-order valence-corrected chi connectivity index (χ4v) is 1.24. The fourth-order valence-electron chi connectivity index (χ4n) is 0.868. The van der Waals surface area contributed by atoms with Crippen molar-refractivity contribution in [1.82, 2.24) is 0 Å². The van der Waals surface area contributed by atoms with Crippen molar-refractivity contribution >= 4 is 22.6 Å². The largest absolute Gasteiger partial charge is 0.388 e. The summed E-state index contributed by atoms with van der Waals surface area (Å²) in [5, 5.41) is 9.71. The average Bonchev–Trinajstić information content (AvgIpc) is 2.15. The van der Waals surface area contributed by atoms with Crippen LogP contribution in [-0.2, 0) is 0 Å². The van der Waals surface area contributed by atoms with E-state index in [2.05, 4.69) is 34.4 Å². The lowest BCUT2D eigenvalue weighted by atomic mass is 9.99. The second-order valence-corrected chi connectivity index (χ2v) is 3.53. The molecule has 0 saturated carbocycles. The molecule has 0 amide bonds. The maximum atomic E-state index is 9.71. The molecule has 0 saturated heterocycles. The molecule has 0 unspecified atom stereocenters. The molecular weight excluding hydrogens is 275 g/mol. The van der Waals surface area contributed by atoms with Gasteiger partial charge in [0, 0.05) is 5.92 Å². The number of aliphatic hydroxyl groups is 1. The van der Waals surface area contributed by atoms with Gasteiger partial charge < -0.3 is 5.11 Å². The number of aliphatic hydroxyl groups excluding tert-OH is 1. The Morgan fingerprint density at radius 2 is 2.15 bits per heavy atom. The maximum Gasteiger partial charge on any atom is 0.0815 e. The molecule has 0 rings (SSSR count). The minimum atomic E-state index is -0.396. The highest BCUT2D eigenvalue weighted by atomic mass is 127. The van der Waals surface area contributed by atoms with E-state index in [1.807, 2.05) is 24.0 Å². The molecular formula is C11H15IO.